The van der Waals surface area contributed by atoms with Crippen molar-refractivity contribution >= 4 is 45.8 Å². The van der Waals surface area contributed by atoms with Crippen LogP contribution in [0.5, 0.6) is 0 Å². The molecule has 1 aliphatic rings. The average molecular weight is 520 g/mol. The Morgan fingerprint density at radius 2 is 1.95 bits per heavy atom. The molecule has 1 fully saturated rings. The molecule has 11 heteroatoms. The van der Waals surface area contributed by atoms with Gasteiger partial charge in [-0.05, 0) is 43.0 Å². The second-order valence-electron chi connectivity index (χ2n) is 8.76. The van der Waals surface area contributed by atoms with Gasteiger partial charge in [-0.1, -0.05) is 35.9 Å². The maximum atomic E-state index is 13.4. The lowest BCUT2D eigenvalue weighted by Gasteiger charge is -2.24. The van der Waals surface area contributed by atoms with Crippen molar-refractivity contribution in [2.45, 2.75) is 38.6 Å². The minimum atomic E-state index is -0.826. The van der Waals surface area contributed by atoms with Crippen molar-refractivity contribution in [2.75, 3.05) is 17.7 Å². The molecule has 2 amide bonds. The van der Waals surface area contributed by atoms with E-state index in [4.69, 9.17) is 22.1 Å². The van der Waals surface area contributed by atoms with Crippen LogP contribution in [0, 0.1) is 0 Å². The van der Waals surface area contributed by atoms with E-state index >= 15 is 0 Å². The van der Waals surface area contributed by atoms with Crippen LogP contribution in [0.1, 0.15) is 36.7 Å². The summed E-state index contributed by atoms with van der Waals surface area (Å²) in [4.78, 5) is 36.6. The molecule has 1 saturated heterocycles. The molecule has 0 aliphatic carbocycles. The van der Waals surface area contributed by atoms with E-state index in [9.17, 15) is 9.59 Å². The lowest BCUT2D eigenvalue weighted by atomic mass is 10.2. The molecule has 0 bridgehead atoms. The number of carbonyl (C=O) groups excluding carboxylic acids is 2. The number of aromatic nitrogens is 4. The van der Waals surface area contributed by atoms with E-state index in [1.165, 1.54) is 11.1 Å². The van der Waals surface area contributed by atoms with Gasteiger partial charge in [0.15, 0.2) is 6.23 Å². The normalized spacial score (nSPS) is 15.4. The number of ether oxygens (including phenoxy) is 1. The van der Waals surface area contributed by atoms with Gasteiger partial charge in [0.25, 0.3) is 0 Å². The molecular weight excluding hydrogens is 494 g/mol. The van der Waals surface area contributed by atoms with Crippen LogP contribution < -0.4 is 11.1 Å². The van der Waals surface area contributed by atoms with Crippen molar-refractivity contribution in [1.29, 1.82) is 0 Å². The van der Waals surface area contributed by atoms with Gasteiger partial charge in [0.05, 0.1) is 35.7 Å². The molecule has 3 aromatic heterocycles. The first-order valence-electron chi connectivity index (χ1n) is 12.0. The van der Waals surface area contributed by atoms with Gasteiger partial charge in [-0.25, -0.2) is 9.67 Å². The summed E-state index contributed by atoms with van der Waals surface area (Å²) in [7, 11) is 0. The third kappa shape index (κ3) is 5.40. The highest BCUT2D eigenvalue weighted by molar-refractivity contribution is 6.40. The summed E-state index contributed by atoms with van der Waals surface area (Å²) in [6.07, 6.45) is 7.13. The molecule has 10 nitrogen and oxygen atoms in total. The minimum Gasteiger partial charge on any atom is -0.383 e. The predicted molar refractivity (Wildman–Crippen MR) is 139 cm³/mol. The average Bonchev–Trinajstić information content (AvgIpc) is 3.38. The number of amides is 2. The Labute approximate surface area is 218 Å². The van der Waals surface area contributed by atoms with Gasteiger partial charge in [0.2, 0.25) is 0 Å². The van der Waals surface area contributed by atoms with Crippen LogP contribution in [0.4, 0.5) is 11.5 Å². The van der Waals surface area contributed by atoms with Crippen molar-refractivity contribution in [3.63, 3.8) is 0 Å². The molecule has 37 heavy (non-hydrogen) atoms. The number of nitrogen functional groups attached to an aromatic ring is 1. The van der Waals surface area contributed by atoms with E-state index in [1.54, 1.807) is 35.3 Å². The highest BCUT2D eigenvalue weighted by atomic mass is 35.5. The molecule has 1 atom stereocenters. The van der Waals surface area contributed by atoms with Crippen LogP contribution in [0.2, 0.25) is 5.02 Å². The quantitative estimate of drug-likeness (QED) is 0.369. The van der Waals surface area contributed by atoms with E-state index in [2.05, 4.69) is 20.4 Å². The topological polar surface area (TPSA) is 128 Å². The molecule has 1 aromatic carbocycles. The first kappa shape index (κ1) is 24.7. The molecule has 3 N–H and O–H groups in total. The summed E-state index contributed by atoms with van der Waals surface area (Å²) in [5.74, 6) is -1.29. The second kappa shape index (κ2) is 10.9. The van der Waals surface area contributed by atoms with Gasteiger partial charge in [0.1, 0.15) is 11.3 Å². The number of hydrogen-bond acceptors (Lipinski definition) is 7. The standard InChI is InChI=1S/C26H26ClN7O3/c27-20-9-2-1-7-17(20)15-33(16-18-8-3-5-11-29-18)26(36)25(35)32-21-14-30-24(28)19-13-31-34(23(19)21)22-10-4-6-12-37-22/h1-3,5,7-9,11,13-14,22H,4,6,10,12,15-16H2,(H2,28,30)(H,32,35). The molecule has 1 unspecified atom stereocenters. The van der Waals surface area contributed by atoms with Crippen molar-refractivity contribution in [1.82, 2.24) is 24.6 Å². The maximum Gasteiger partial charge on any atom is 0.314 e. The largest absolute Gasteiger partial charge is 0.383 e. The Bertz CT molecular complexity index is 1420. The molecule has 5 rings (SSSR count). The van der Waals surface area contributed by atoms with Crippen LogP contribution in [0.25, 0.3) is 10.9 Å². The Morgan fingerprint density at radius 1 is 1.11 bits per heavy atom. The van der Waals surface area contributed by atoms with E-state index in [0.29, 0.717) is 39.5 Å². The van der Waals surface area contributed by atoms with Gasteiger partial charge in [0, 0.05) is 24.4 Å². The van der Waals surface area contributed by atoms with Gasteiger partial charge in [-0.3, -0.25) is 14.6 Å². The van der Waals surface area contributed by atoms with Gasteiger partial charge in [-0.15, -0.1) is 0 Å². The van der Waals surface area contributed by atoms with Gasteiger partial charge >= 0.3 is 11.8 Å². The molecule has 190 valence electrons. The third-order valence-electron chi connectivity index (χ3n) is 6.22. The van der Waals surface area contributed by atoms with Crippen LogP contribution in [0.15, 0.2) is 61.1 Å². The summed E-state index contributed by atoms with van der Waals surface area (Å²) in [6, 6.07) is 12.6. The molecule has 0 saturated carbocycles. The van der Waals surface area contributed by atoms with Crippen molar-refractivity contribution in [3.8, 4) is 0 Å². The van der Waals surface area contributed by atoms with Crippen LogP contribution >= 0.6 is 11.6 Å². The fourth-order valence-corrected chi connectivity index (χ4v) is 4.54. The predicted octanol–water partition coefficient (Wildman–Crippen LogP) is 3.93. The van der Waals surface area contributed by atoms with Gasteiger partial charge < -0.3 is 20.7 Å². The van der Waals surface area contributed by atoms with Crippen LogP contribution in [-0.2, 0) is 27.4 Å². The number of pyridine rings is 2. The van der Waals surface area contributed by atoms with E-state index in [1.807, 2.05) is 24.3 Å². The highest BCUT2D eigenvalue weighted by Crippen LogP contribution is 2.32. The number of carbonyl (C=O) groups is 2. The zero-order valence-electron chi connectivity index (χ0n) is 20.0. The molecule has 4 aromatic rings. The lowest BCUT2D eigenvalue weighted by Crippen LogP contribution is -2.39. The minimum absolute atomic E-state index is 0.127. The van der Waals surface area contributed by atoms with E-state index in [0.717, 1.165) is 19.3 Å². The number of nitrogens with zero attached hydrogens (tertiary/aromatic N) is 5. The van der Waals surface area contributed by atoms with Crippen molar-refractivity contribution < 1.29 is 14.3 Å². The Morgan fingerprint density at radius 3 is 2.70 bits per heavy atom. The summed E-state index contributed by atoms with van der Waals surface area (Å²) in [5, 5.41) is 8.25. The third-order valence-corrected chi connectivity index (χ3v) is 6.58. The molecule has 0 radical (unpaired) electrons. The fourth-order valence-electron chi connectivity index (χ4n) is 4.35. The van der Waals surface area contributed by atoms with E-state index < -0.39 is 11.8 Å². The molecule has 4 heterocycles. The summed E-state index contributed by atoms with van der Waals surface area (Å²) >= 11 is 6.35. The summed E-state index contributed by atoms with van der Waals surface area (Å²) in [5.41, 5.74) is 8.31. The zero-order valence-corrected chi connectivity index (χ0v) is 20.8. The Balaban J connectivity index is 1.43. The fraction of sp³-hybridized carbons (Fsp3) is 0.269. The smallest absolute Gasteiger partial charge is 0.314 e. The summed E-state index contributed by atoms with van der Waals surface area (Å²) in [6.45, 7) is 0.880. The molecule has 1 aliphatic heterocycles. The molecule has 0 spiro atoms. The number of rotatable bonds is 6. The summed E-state index contributed by atoms with van der Waals surface area (Å²) < 4.78 is 7.59. The first-order valence-corrected chi connectivity index (χ1v) is 12.4. The highest BCUT2D eigenvalue weighted by Gasteiger charge is 2.27. The number of nitrogens with two attached hydrogens (primary N) is 1. The number of benzene rings is 1. The van der Waals surface area contributed by atoms with Crippen LogP contribution in [0.3, 0.4) is 0 Å². The maximum absolute atomic E-state index is 13.4. The lowest BCUT2D eigenvalue weighted by molar-refractivity contribution is -0.144. The zero-order chi connectivity index (χ0) is 25.8. The number of nitrogens with one attached hydrogen (secondary N) is 1. The monoisotopic (exact) mass is 519 g/mol. The Hall–Kier alpha value is -4.02. The second-order valence-corrected chi connectivity index (χ2v) is 9.16. The van der Waals surface area contributed by atoms with Crippen molar-refractivity contribution in [2.24, 2.45) is 0 Å². The molecular formula is C26H26ClN7O3. The number of fused-ring (bicyclic) bond motifs is 1. The number of hydrogen-bond donors (Lipinski definition) is 2. The first-order chi connectivity index (χ1) is 18.0. The number of anilines is 2. The van der Waals surface area contributed by atoms with Crippen molar-refractivity contribution in [3.05, 3.63) is 77.3 Å². The number of halogens is 1. The van der Waals surface area contributed by atoms with Gasteiger partial charge in [-0.2, -0.15) is 5.10 Å². The Kier molecular flexibility index (Phi) is 7.29. The van der Waals surface area contributed by atoms with E-state index in [-0.39, 0.29) is 25.1 Å². The van der Waals surface area contributed by atoms with Crippen LogP contribution in [-0.4, -0.2) is 43.1 Å². The SMILES string of the molecule is Nc1ncc(NC(=O)C(=O)N(Cc2ccccn2)Cc2ccccc2Cl)c2c1cnn2C1CCCCO1.